The molecule has 0 bridgehead atoms. The lowest BCUT2D eigenvalue weighted by atomic mass is 9.98. The van der Waals surface area contributed by atoms with Crippen LogP contribution in [0.15, 0.2) is 30.3 Å². The van der Waals surface area contributed by atoms with Crippen LogP contribution in [0.3, 0.4) is 0 Å². The second-order valence-corrected chi connectivity index (χ2v) is 4.81. The van der Waals surface area contributed by atoms with E-state index < -0.39 is 0 Å². The van der Waals surface area contributed by atoms with E-state index in [4.69, 9.17) is 0 Å². The Kier molecular flexibility index (Phi) is 4.41. The standard InChI is InChI=1S/C15H23N/c1-2-9-15(14-10-5-3-6-11-14)16-12-7-4-8-13-16/h3,5-6,10-11,15H,2,4,7-9,12-13H2,1H3/t15-/m0/s1. The molecule has 0 spiro atoms. The highest BCUT2D eigenvalue weighted by atomic mass is 15.2. The van der Waals surface area contributed by atoms with E-state index in [0.29, 0.717) is 6.04 Å². The van der Waals surface area contributed by atoms with Gasteiger partial charge in [0.1, 0.15) is 0 Å². The summed E-state index contributed by atoms with van der Waals surface area (Å²) in [5.41, 5.74) is 1.51. The molecular formula is C15H23N. The van der Waals surface area contributed by atoms with Crippen LogP contribution in [0, 0.1) is 0 Å². The third kappa shape index (κ3) is 2.85. The van der Waals surface area contributed by atoms with Gasteiger partial charge in [0.15, 0.2) is 0 Å². The summed E-state index contributed by atoms with van der Waals surface area (Å²) in [5, 5.41) is 0. The van der Waals surface area contributed by atoms with Crippen molar-refractivity contribution in [3.63, 3.8) is 0 Å². The van der Waals surface area contributed by atoms with Crippen molar-refractivity contribution in [2.45, 2.75) is 45.1 Å². The van der Waals surface area contributed by atoms with Crippen LogP contribution in [0.2, 0.25) is 0 Å². The van der Waals surface area contributed by atoms with Gasteiger partial charge in [-0.05, 0) is 37.9 Å². The van der Waals surface area contributed by atoms with Gasteiger partial charge in [-0.3, -0.25) is 4.90 Å². The van der Waals surface area contributed by atoms with Gasteiger partial charge in [-0.15, -0.1) is 0 Å². The Morgan fingerprint density at radius 3 is 2.38 bits per heavy atom. The van der Waals surface area contributed by atoms with E-state index in [9.17, 15) is 0 Å². The Morgan fingerprint density at radius 1 is 1.06 bits per heavy atom. The van der Waals surface area contributed by atoms with E-state index in [1.165, 1.54) is 50.8 Å². The smallest absolute Gasteiger partial charge is 0.0348 e. The van der Waals surface area contributed by atoms with Crippen molar-refractivity contribution in [2.75, 3.05) is 13.1 Å². The largest absolute Gasteiger partial charge is 0.296 e. The zero-order valence-corrected chi connectivity index (χ0v) is 10.4. The first-order chi connectivity index (χ1) is 7.92. The monoisotopic (exact) mass is 217 g/mol. The quantitative estimate of drug-likeness (QED) is 0.736. The molecule has 1 aliphatic heterocycles. The molecule has 0 unspecified atom stereocenters. The molecule has 0 radical (unpaired) electrons. The molecule has 0 N–H and O–H groups in total. The second kappa shape index (κ2) is 6.05. The molecule has 1 aliphatic rings. The maximum atomic E-state index is 2.68. The van der Waals surface area contributed by atoms with Gasteiger partial charge in [0.25, 0.3) is 0 Å². The lowest BCUT2D eigenvalue weighted by molar-refractivity contribution is 0.155. The maximum absolute atomic E-state index is 2.68. The Morgan fingerprint density at radius 2 is 1.75 bits per heavy atom. The summed E-state index contributed by atoms with van der Waals surface area (Å²) in [6, 6.07) is 11.7. The first-order valence-electron chi connectivity index (χ1n) is 6.71. The molecule has 0 amide bonds. The third-order valence-corrected chi connectivity index (χ3v) is 3.58. The van der Waals surface area contributed by atoms with Gasteiger partial charge in [0.05, 0.1) is 0 Å². The summed E-state index contributed by atoms with van der Waals surface area (Å²) in [6.45, 7) is 4.87. The molecule has 1 heterocycles. The SMILES string of the molecule is CCC[C@@H](c1ccccc1)N1CCCCC1. The highest BCUT2D eigenvalue weighted by Gasteiger charge is 2.20. The maximum Gasteiger partial charge on any atom is 0.0348 e. The van der Waals surface area contributed by atoms with Crippen molar-refractivity contribution >= 4 is 0 Å². The fraction of sp³-hybridized carbons (Fsp3) is 0.600. The third-order valence-electron chi connectivity index (χ3n) is 3.58. The Balaban J connectivity index is 2.09. The van der Waals surface area contributed by atoms with Crippen molar-refractivity contribution in [3.8, 4) is 0 Å². The summed E-state index contributed by atoms with van der Waals surface area (Å²) in [4.78, 5) is 2.68. The predicted octanol–water partition coefficient (Wildman–Crippen LogP) is 4.01. The van der Waals surface area contributed by atoms with Gasteiger partial charge in [-0.2, -0.15) is 0 Å². The number of hydrogen-bond donors (Lipinski definition) is 0. The number of benzene rings is 1. The van der Waals surface area contributed by atoms with E-state index in [2.05, 4.69) is 42.2 Å². The summed E-state index contributed by atoms with van der Waals surface area (Å²) in [5.74, 6) is 0. The van der Waals surface area contributed by atoms with Crippen molar-refractivity contribution in [2.24, 2.45) is 0 Å². The van der Waals surface area contributed by atoms with Crippen LogP contribution in [0.1, 0.15) is 50.6 Å². The molecule has 1 nitrogen and oxygen atoms in total. The highest BCUT2D eigenvalue weighted by molar-refractivity contribution is 5.19. The van der Waals surface area contributed by atoms with Gasteiger partial charge >= 0.3 is 0 Å². The molecule has 1 saturated heterocycles. The summed E-state index contributed by atoms with van der Waals surface area (Å²) < 4.78 is 0. The molecule has 0 saturated carbocycles. The number of rotatable bonds is 4. The summed E-state index contributed by atoms with van der Waals surface area (Å²) in [6.07, 6.45) is 6.75. The molecule has 88 valence electrons. The fourth-order valence-electron chi connectivity index (χ4n) is 2.74. The normalized spacial score (nSPS) is 19.6. The number of piperidine rings is 1. The van der Waals surface area contributed by atoms with Crippen molar-refractivity contribution in [1.29, 1.82) is 0 Å². The van der Waals surface area contributed by atoms with Gasteiger partial charge in [-0.1, -0.05) is 50.1 Å². The first kappa shape index (κ1) is 11.7. The van der Waals surface area contributed by atoms with E-state index >= 15 is 0 Å². The predicted molar refractivity (Wildman–Crippen MR) is 69.5 cm³/mol. The minimum atomic E-state index is 0.659. The van der Waals surface area contributed by atoms with E-state index in [0.717, 1.165) is 0 Å². The molecule has 0 aliphatic carbocycles. The van der Waals surface area contributed by atoms with Crippen molar-refractivity contribution < 1.29 is 0 Å². The molecule has 16 heavy (non-hydrogen) atoms. The lowest BCUT2D eigenvalue weighted by Crippen LogP contribution is -2.33. The fourth-order valence-corrected chi connectivity index (χ4v) is 2.74. The van der Waals surface area contributed by atoms with Gasteiger partial charge < -0.3 is 0 Å². The van der Waals surface area contributed by atoms with Crippen LogP contribution < -0.4 is 0 Å². The minimum Gasteiger partial charge on any atom is -0.296 e. The molecule has 1 heteroatoms. The van der Waals surface area contributed by atoms with Crippen LogP contribution in [-0.2, 0) is 0 Å². The number of likely N-dealkylation sites (tertiary alicyclic amines) is 1. The van der Waals surface area contributed by atoms with Crippen LogP contribution in [0.4, 0.5) is 0 Å². The van der Waals surface area contributed by atoms with E-state index in [-0.39, 0.29) is 0 Å². The Hall–Kier alpha value is -0.820. The van der Waals surface area contributed by atoms with Crippen LogP contribution in [0.5, 0.6) is 0 Å². The van der Waals surface area contributed by atoms with Gasteiger partial charge in [-0.25, -0.2) is 0 Å². The average molecular weight is 217 g/mol. The van der Waals surface area contributed by atoms with Crippen LogP contribution >= 0.6 is 0 Å². The zero-order chi connectivity index (χ0) is 11.2. The van der Waals surface area contributed by atoms with Crippen molar-refractivity contribution in [1.82, 2.24) is 4.90 Å². The molecule has 1 atom stereocenters. The number of nitrogens with zero attached hydrogens (tertiary/aromatic N) is 1. The Labute approximate surface area is 99.5 Å². The first-order valence-corrected chi connectivity index (χ1v) is 6.71. The molecule has 1 aromatic rings. The Bertz CT molecular complexity index is 288. The topological polar surface area (TPSA) is 3.24 Å². The minimum absolute atomic E-state index is 0.659. The van der Waals surface area contributed by atoms with Gasteiger partial charge in [0.2, 0.25) is 0 Å². The zero-order valence-electron chi connectivity index (χ0n) is 10.4. The summed E-state index contributed by atoms with van der Waals surface area (Å²) in [7, 11) is 0. The molecule has 1 aromatic carbocycles. The molecular weight excluding hydrogens is 194 g/mol. The molecule has 0 aromatic heterocycles. The molecule has 2 rings (SSSR count). The molecule has 1 fully saturated rings. The van der Waals surface area contributed by atoms with Crippen LogP contribution in [0.25, 0.3) is 0 Å². The average Bonchev–Trinajstić information content (AvgIpc) is 2.38. The van der Waals surface area contributed by atoms with Crippen LogP contribution in [-0.4, -0.2) is 18.0 Å². The summed E-state index contributed by atoms with van der Waals surface area (Å²) >= 11 is 0. The highest BCUT2D eigenvalue weighted by Crippen LogP contribution is 2.28. The second-order valence-electron chi connectivity index (χ2n) is 4.81. The van der Waals surface area contributed by atoms with E-state index in [1.807, 2.05) is 0 Å². The van der Waals surface area contributed by atoms with Crippen molar-refractivity contribution in [3.05, 3.63) is 35.9 Å². The van der Waals surface area contributed by atoms with Gasteiger partial charge in [0, 0.05) is 6.04 Å². The lowest BCUT2D eigenvalue weighted by Gasteiger charge is -2.34. The van der Waals surface area contributed by atoms with E-state index in [1.54, 1.807) is 0 Å². The number of hydrogen-bond acceptors (Lipinski definition) is 1.